The maximum Gasteiger partial charge on any atom is 0.267 e. The van der Waals surface area contributed by atoms with Crippen LogP contribution in [0.15, 0.2) is 29.3 Å². The van der Waals surface area contributed by atoms with Gasteiger partial charge in [0.05, 0.1) is 25.4 Å². The summed E-state index contributed by atoms with van der Waals surface area (Å²) in [5.74, 6) is 0.0896. The minimum absolute atomic E-state index is 0.000183. The fraction of sp³-hybridized carbons (Fsp3) is 0.333. The molecule has 1 heterocycles. The number of aryl methyl sites for hydroxylation is 2. The molecule has 0 aliphatic rings. The van der Waals surface area contributed by atoms with Crippen molar-refractivity contribution in [1.29, 1.82) is 0 Å². The van der Waals surface area contributed by atoms with Gasteiger partial charge in [0.25, 0.3) is 10.0 Å². The van der Waals surface area contributed by atoms with Crippen LogP contribution in [0.2, 0.25) is 0 Å². The molecule has 124 valence electrons. The van der Waals surface area contributed by atoms with Gasteiger partial charge in [-0.1, -0.05) is 6.07 Å². The van der Waals surface area contributed by atoms with Crippen LogP contribution in [0, 0.1) is 13.8 Å². The summed E-state index contributed by atoms with van der Waals surface area (Å²) in [6, 6.07) is 5.27. The van der Waals surface area contributed by atoms with E-state index in [-0.39, 0.29) is 11.3 Å². The van der Waals surface area contributed by atoms with Crippen LogP contribution in [0.25, 0.3) is 0 Å². The molecule has 8 heteroatoms. The van der Waals surface area contributed by atoms with E-state index in [4.69, 9.17) is 4.74 Å². The normalized spacial score (nSPS) is 11.3. The third-order valence-electron chi connectivity index (χ3n) is 3.63. The second-order valence-electron chi connectivity index (χ2n) is 5.22. The molecule has 23 heavy (non-hydrogen) atoms. The number of ether oxygens (including phenoxy) is 1. The predicted molar refractivity (Wildman–Crippen MR) is 84.7 cm³/mol. The lowest BCUT2D eigenvalue weighted by Crippen LogP contribution is -2.32. The smallest absolute Gasteiger partial charge is 0.267 e. The van der Waals surface area contributed by atoms with Gasteiger partial charge >= 0.3 is 0 Å². The van der Waals surface area contributed by atoms with Crippen LogP contribution < -0.4 is 9.46 Å². The molecule has 0 aliphatic carbocycles. The van der Waals surface area contributed by atoms with Crippen molar-refractivity contribution >= 4 is 15.9 Å². The van der Waals surface area contributed by atoms with Gasteiger partial charge in [0, 0.05) is 7.05 Å². The molecule has 0 saturated heterocycles. The Hall–Kier alpha value is -2.35. The Morgan fingerprint density at radius 1 is 1.35 bits per heavy atom. The zero-order valence-corrected chi connectivity index (χ0v) is 14.3. The summed E-state index contributed by atoms with van der Waals surface area (Å²) >= 11 is 0. The number of sulfonamides is 1. The lowest BCUT2D eigenvalue weighted by molar-refractivity contribution is -0.118. The summed E-state index contributed by atoms with van der Waals surface area (Å²) in [7, 11) is -0.727. The highest BCUT2D eigenvalue weighted by Gasteiger charge is 2.22. The van der Waals surface area contributed by atoms with Gasteiger partial charge in [-0.15, -0.1) is 0 Å². The average Bonchev–Trinajstić information content (AvgIpc) is 2.81. The number of carbonyl (C=O) groups excluding carboxylic acids is 1. The molecule has 1 amide bonds. The molecule has 0 spiro atoms. The summed E-state index contributed by atoms with van der Waals surface area (Å²) in [6.07, 6.45) is 1.19. The van der Waals surface area contributed by atoms with Crippen molar-refractivity contribution in [2.75, 3.05) is 7.11 Å². The Morgan fingerprint density at radius 2 is 2.04 bits per heavy atom. The fourth-order valence-corrected chi connectivity index (χ4v) is 3.34. The van der Waals surface area contributed by atoms with Gasteiger partial charge in [0.1, 0.15) is 10.6 Å². The van der Waals surface area contributed by atoms with Crippen LogP contribution >= 0.6 is 0 Å². The van der Waals surface area contributed by atoms with Crippen LogP contribution in [-0.2, 0) is 28.3 Å². The maximum atomic E-state index is 12.2. The molecule has 0 saturated carbocycles. The number of nitrogens with one attached hydrogen (secondary N) is 1. The molecule has 0 fully saturated rings. The second kappa shape index (κ2) is 6.41. The largest absolute Gasteiger partial charge is 0.497 e. The number of aromatic nitrogens is 2. The molecule has 0 aliphatic heterocycles. The van der Waals surface area contributed by atoms with Crippen LogP contribution in [0.4, 0.5) is 0 Å². The van der Waals surface area contributed by atoms with E-state index in [1.165, 1.54) is 10.9 Å². The molecule has 1 N–H and O–H groups in total. The first-order valence-electron chi connectivity index (χ1n) is 6.92. The lowest BCUT2D eigenvalue weighted by atomic mass is 10.1. The zero-order chi connectivity index (χ0) is 17.2. The van der Waals surface area contributed by atoms with Gasteiger partial charge in [0.15, 0.2) is 0 Å². The Balaban J connectivity index is 2.15. The van der Waals surface area contributed by atoms with Crippen LogP contribution in [0.3, 0.4) is 0 Å². The minimum atomic E-state index is -3.92. The van der Waals surface area contributed by atoms with Crippen molar-refractivity contribution in [3.05, 3.63) is 41.2 Å². The third-order valence-corrected chi connectivity index (χ3v) is 5.10. The highest BCUT2D eigenvalue weighted by molar-refractivity contribution is 7.90. The van der Waals surface area contributed by atoms with Gasteiger partial charge in [-0.05, 0) is 37.1 Å². The lowest BCUT2D eigenvalue weighted by Gasteiger charge is -2.09. The standard InChI is InChI=1S/C15H19N3O4S/c1-10-7-13(22-4)6-5-12(10)8-15(19)17-23(20,21)14-9-16-18(3)11(14)2/h5-7,9H,8H2,1-4H3,(H,17,19). The molecule has 0 bridgehead atoms. The van der Waals surface area contributed by atoms with Crippen molar-refractivity contribution < 1.29 is 17.9 Å². The number of amides is 1. The van der Waals surface area contributed by atoms with E-state index in [0.717, 1.165) is 11.1 Å². The molecule has 0 unspecified atom stereocenters. The maximum absolute atomic E-state index is 12.2. The number of hydrogen-bond donors (Lipinski definition) is 1. The molecule has 2 rings (SSSR count). The SMILES string of the molecule is COc1ccc(CC(=O)NS(=O)(=O)c2cnn(C)c2C)c(C)c1. The highest BCUT2D eigenvalue weighted by atomic mass is 32.2. The molecular formula is C15H19N3O4S. The van der Waals surface area contributed by atoms with E-state index in [0.29, 0.717) is 11.4 Å². The summed E-state index contributed by atoms with van der Waals surface area (Å²) in [4.78, 5) is 12.1. The van der Waals surface area contributed by atoms with Crippen molar-refractivity contribution in [2.24, 2.45) is 7.05 Å². The first kappa shape index (κ1) is 17.0. The molecule has 1 aromatic heterocycles. The summed E-state index contributed by atoms with van der Waals surface area (Å²) in [5, 5.41) is 3.88. The van der Waals surface area contributed by atoms with Gasteiger partial charge in [-0.2, -0.15) is 5.10 Å². The molecule has 7 nitrogen and oxygen atoms in total. The molecule has 2 aromatic rings. The van der Waals surface area contributed by atoms with Crippen molar-refractivity contribution in [2.45, 2.75) is 25.2 Å². The van der Waals surface area contributed by atoms with Crippen LogP contribution in [0.1, 0.15) is 16.8 Å². The average molecular weight is 337 g/mol. The van der Waals surface area contributed by atoms with Gasteiger partial charge in [-0.3, -0.25) is 9.48 Å². The monoisotopic (exact) mass is 337 g/mol. The van der Waals surface area contributed by atoms with E-state index in [9.17, 15) is 13.2 Å². The topological polar surface area (TPSA) is 90.3 Å². The number of methoxy groups -OCH3 is 1. The van der Waals surface area contributed by atoms with Gasteiger partial charge < -0.3 is 4.74 Å². The second-order valence-corrected chi connectivity index (χ2v) is 6.87. The predicted octanol–water partition coefficient (Wildman–Crippen LogP) is 1.09. The zero-order valence-electron chi connectivity index (χ0n) is 13.5. The number of hydrogen-bond acceptors (Lipinski definition) is 5. The van der Waals surface area contributed by atoms with E-state index in [1.54, 1.807) is 39.3 Å². The quantitative estimate of drug-likeness (QED) is 0.882. The fourth-order valence-electron chi connectivity index (χ4n) is 2.15. The van der Waals surface area contributed by atoms with Crippen molar-refractivity contribution in [3.63, 3.8) is 0 Å². The molecule has 0 radical (unpaired) electrons. The van der Waals surface area contributed by atoms with E-state index in [1.807, 2.05) is 6.92 Å². The van der Waals surface area contributed by atoms with Gasteiger partial charge in [-0.25, -0.2) is 13.1 Å². The van der Waals surface area contributed by atoms with Crippen LogP contribution in [0.5, 0.6) is 5.75 Å². The van der Waals surface area contributed by atoms with E-state index in [2.05, 4.69) is 9.82 Å². The van der Waals surface area contributed by atoms with Crippen LogP contribution in [-0.4, -0.2) is 31.2 Å². The first-order valence-corrected chi connectivity index (χ1v) is 8.40. The Kier molecular flexibility index (Phi) is 4.74. The molecule has 1 aromatic carbocycles. The number of nitrogens with zero attached hydrogens (tertiary/aromatic N) is 2. The summed E-state index contributed by atoms with van der Waals surface area (Å²) < 4.78 is 33.1. The Morgan fingerprint density at radius 3 is 2.57 bits per heavy atom. The first-order chi connectivity index (χ1) is 10.7. The van der Waals surface area contributed by atoms with Crippen molar-refractivity contribution in [1.82, 2.24) is 14.5 Å². The van der Waals surface area contributed by atoms with E-state index < -0.39 is 15.9 Å². The van der Waals surface area contributed by atoms with Crippen molar-refractivity contribution in [3.8, 4) is 5.75 Å². The highest BCUT2D eigenvalue weighted by Crippen LogP contribution is 2.18. The Bertz CT molecular complexity index is 840. The molecule has 0 atom stereocenters. The summed E-state index contributed by atoms with van der Waals surface area (Å²) in [6.45, 7) is 3.46. The minimum Gasteiger partial charge on any atom is -0.497 e. The number of rotatable bonds is 5. The number of benzene rings is 1. The third kappa shape index (κ3) is 3.70. The summed E-state index contributed by atoms with van der Waals surface area (Å²) in [5.41, 5.74) is 2.06. The Labute approximate surface area is 135 Å². The van der Waals surface area contributed by atoms with E-state index >= 15 is 0 Å². The molecular weight excluding hydrogens is 318 g/mol. The number of carbonyl (C=O) groups is 1. The van der Waals surface area contributed by atoms with Gasteiger partial charge in [0.2, 0.25) is 5.91 Å².